The molecule has 1 aliphatic heterocycles. The fraction of sp³-hybridized carbons (Fsp3) is 0.474. The number of aryl methyl sites for hydroxylation is 1. The molecule has 0 saturated heterocycles. The van der Waals surface area contributed by atoms with Crippen LogP contribution in [0.3, 0.4) is 0 Å². The van der Waals surface area contributed by atoms with Gasteiger partial charge in [0.05, 0.1) is 6.54 Å². The molecule has 2 heterocycles. The molecular formula is C19H27N7O2. The number of nitrogens with one attached hydrogen (secondary N) is 3. The number of benzene rings is 1. The fourth-order valence-corrected chi connectivity index (χ4v) is 3.11. The number of hydrogen-bond acceptors (Lipinski definition) is 5. The van der Waals surface area contributed by atoms with Crippen LogP contribution in [-0.4, -0.2) is 59.9 Å². The predicted octanol–water partition coefficient (Wildman–Crippen LogP) is 0.334. The van der Waals surface area contributed by atoms with Gasteiger partial charge in [0, 0.05) is 45.3 Å². The summed E-state index contributed by atoms with van der Waals surface area (Å²) in [5.41, 5.74) is 0.656. The summed E-state index contributed by atoms with van der Waals surface area (Å²) in [5.74, 6) is 2.34. The zero-order chi connectivity index (χ0) is 19.8. The summed E-state index contributed by atoms with van der Waals surface area (Å²) >= 11 is 0. The molecule has 9 heteroatoms. The zero-order valence-electron chi connectivity index (χ0n) is 16.3. The van der Waals surface area contributed by atoms with E-state index in [0.717, 1.165) is 31.0 Å². The first-order valence-corrected chi connectivity index (χ1v) is 9.41. The van der Waals surface area contributed by atoms with Crippen LogP contribution in [0.5, 0.6) is 0 Å². The number of aliphatic imine (C=N–C) groups is 1. The number of carbonyl (C=O) groups excluding carboxylic acids is 1. The number of aromatic nitrogens is 3. The highest BCUT2D eigenvalue weighted by Crippen LogP contribution is 2.13. The Morgan fingerprint density at radius 1 is 1.29 bits per heavy atom. The lowest BCUT2D eigenvalue weighted by atomic mass is 10.1. The Bertz CT molecular complexity index is 804. The molecule has 0 spiro atoms. The van der Waals surface area contributed by atoms with Crippen LogP contribution in [0.2, 0.25) is 0 Å². The van der Waals surface area contributed by atoms with Crippen molar-refractivity contribution in [2.45, 2.75) is 32.0 Å². The first-order chi connectivity index (χ1) is 13.7. The second kappa shape index (κ2) is 9.84. The van der Waals surface area contributed by atoms with Gasteiger partial charge >= 0.3 is 0 Å². The average molecular weight is 385 g/mol. The molecule has 1 unspecified atom stereocenters. The summed E-state index contributed by atoms with van der Waals surface area (Å²) in [6, 6.07) is 9.39. The van der Waals surface area contributed by atoms with Crippen molar-refractivity contribution in [3.05, 3.63) is 47.5 Å². The molecule has 9 nitrogen and oxygen atoms in total. The molecule has 1 aliphatic rings. The minimum atomic E-state index is -0.0804. The molecule has 2 aromatic rings. The molecule has 3 rings (SSSR count). The molecule has 0 fully saturated rings. The number of carbonyl (C=O) groups is 1. The average Bonchev–Trinajstić information content (AvgIpc) is 3.12. The summed E-state index contributed by atoms with van der Waals surface area (Å²) in [7, 11) is 3.38. The van der Waals surface area contributed by atoms with E-state index in [9.17, 15) is 4.79 Å². The number of hydrogen-bond donors (Lipinski definition) is 3. The fourth-order valence-electron chi connectivity index (χ4n) is 3.11. The van der Waals surface area contributed by atoms with Crippen LogP contribution in [0.25, 0.3) is 0 Å². The highest BCUT2D eigenvalue weighted by Gasteiger charge is 2.22. The van der Waals surface area contributed by atoms with Crippen molar-refractivity contribution >= 4 is 11.9 Å². The number of methoxy groups -OCH3 is 1. The van der Waals surface area contributed by atoms with Crippen molar-refractivity contribution in [1.82, 2.24) is 30.7 Å². The van der Waals surface area contributed by atoms with Gasteiger partial charge in [-0.05, 0) is 18.6 Å². The highest BCUT2D eigenvalue weighted by atomic mass is 16.5. The molecule has 1 aromatic heterocycles. The normalized spacial score (nSPS) is 16.4. The summed E-state index contributed by atoms with van der Waals surface area (Å²) in [5, 5.41) is 14.0. The number of nitrogens with zero attached hydrogens (tertiary/aromatic N) is 4. The third kappa shape index (κ3) is 5.29. The van der Waals surface area contributed by atoms with E-state index in [1.165, 1.54) is 0 Å². The number of guanidine groups is 1. The molecule has 1 amide bonds. The molecule has 28 heavy (non-hydrogen) atoms. The zero-order valence-corrected chi connectivity index (χ0v) is 16.3. The minimum absolute atomic E-state index is 0.0804. The summed E-state index contributed by atoms with van der Waals surface area (Å²) in [4.78, 5) is 20.8. The number of rotatable bonds is 7. The maximum absolute atomic E-state index is 12.0. The second-order valence-corrected chi connectivity index (χ2v) is 6.56. The van der Waals surface area contributed by atoms with Gasteiger partial charge in [0.1, 0.15) is 12.4 Å². The van der Waals surface area contributed by atoms with Crippen molar-refractivity contribution in [2.75, 3.05) is 27.2 Å². The van der Waals surface area contributed by atoms with Gasteiger partial charge in [0.25, 0.3) is 5.91 Å². The van der Waals surface area contributed by atoms with E-state index in [2.05, 4.69) is 31.0 Å². The lowest BCUT2D eigenvalue weighted by molar-refractivity contribution is 0.0954. The maximum Gasteiger partial charge on any atom is 0.251 e. The van der Waals surface area contributed by atoms with Crippen LogP contribution in [-0.2, 0) is 24.3 Å². The smallest absolute Gasteiger partial charge is 0.251 e. The van der Waals surface area contributed by atoms with Gasteiger partial charge in [-0.3, -0.25) is 9.79 Å². The van der Waals surface area contributed by atoms with Gasteiger partial charge in [-0.1, -0.05) is 18.2 Å². The van der Waals surface area contributed by atoms with Crippen LogP contribution in [0.1, 0.15) is 28.4 Å². The Balaban J connectivity index is 1.41. The van der Waals surface area contributed by atoms with E-state index in [4.69, 9.17) is 4.74 Å². The van der Waals surface area contributed by atoms with Gasteiger partial charge in [0.2, 0.25) is 0 Å². The van der Waals surface area contributed by atoms with Crippen molar-refractivity contribution in [3.8, 4) is 0 Å². The topological polar surface area (TPSA) is 105 Å². The van der Waals surface area contributed by atoms with Crippen molar-refractivity contribution in [1.29, 1.82) is 0 Å². The number of ether oxygens (including phenoxy) is 1. The molecule has 0 aliphatic carbocycles. The van der Waals surface area contributed by atoms with Crippen LogP contribution in [0, 0.1) is 0 Å². The SMILES string of the molecule is CN=C(NCCNC(=O)c1ccccc1)NC1CCc2nc(COC)nn2C1. The Morgan fingerprint density at radius 3 is 2.82 bits per heavy atom. The van der Waals surface area contributed by atoms with E-state index in [1.54, 1.807) is 26.3 Å². The Kier molecular flexibility index (Phi) is 6.96. The van der Waals surface area contributed by atoms with Crippen molar-refractivity contribution in [2.24, 2.45) is 4.99 Å². The molecule has 150 valence electrons. The maximum atomic E-state index is 12.0. The molecule has 0 saturated carbocycles. The second-order valence-electron chi connectivity index (χ2n) is 6.56. The van der Waals surface area contributed by atoms with E-state index in [0.29, 0.717) is 31.2 Å². The standard InChI is InChI=1S/C19H27N7O2/c1-20-19(22-11-10-21-18(27)14-6-4-3-5-7-14)23-15-8-9-17-24-16(13-28-2)25-26(17)12-15/h3-7,15H,8-13H2,1-2H3,(H,21,27)(H2,20,22,23). The lowest BCUT2D eigenvalue weighted by Gasteiger charge is -2.25. The van der Waals surface area contributed by atoms with Crippen LogP contribution < -0.4 is 16.0 Å². The summed E-state index contributed by atoms with van der Waals surface area (Å²) < 4.78 is 7.03. The Hall–Kier alpha value is -2.94. The van der Waals surface area contributed by atoms with Crippen molar-refractivity contribution < 1.29 is 9.53 Å². The van der Waals surface area contributed by atoms with Crippen LogP contribution in [0.15, 0.2) is 35.3 Å². The molecular weight excluding hydrogens is 358 g/mol. The summed E-state index contributed by atoms with van der Waals surface area (Å²) in [6.07, 6.45) is 1.81. The predicted molar refractivity (Wildman–Crippen MR) is 106 cm³/mol. The van der Waals surface area contributed by atoms with E-state index in [-0.39, 0.29) is 11.9 Å². The highest BCUT2D eigenvalue weighted by molar-refractivity contribution is 5.94. The van der Waals surface area contributed by atoms with Crippen LogP contribution >= 0.6 is 0 Å². The monoisotopic (exact) mass is 385 g/mol. The minimum Gasteiger partial charge on any atom is -0.377 e. The van der Waals surface area contributed by atoms with Gasteiger partial charge in [-0.2, -0.15) is 5.10 Å². The van der Waals surface area contributed by atoms with Gasteiger partial charge in [-0.25, -0.2) is 9.67 Å². The number of amides is 1. The third-order valence-corrected chi connectivity index (χ3v) is 4.48. The Morgan fingerprint density at radius 2 is 2.07 bits per heavy atom. The summed E-state index contributed by atoms with van der Waals surface area (Å²) in [6.45, 7) is 2.25. The first-order valence-electron chi connectivity index (χ1n) is 9.41. The van der Waals surface area contributed by atoms with E-state index >= 15 is 0 Å². The molecule has 1 atom stereocenters. The molecule has 0 radical (unpaired) electrons. The largest absolute Gasteiger partial charge is 0.377 e. The van der Waals surface area contributed by atoms with E-state index < -0.39 is 0 Å². The number of fused-ring (bicyclic) bond motifs is 1. The first kappa shape index (κ1) is 19.8. The third-order valence-electron chi connectivity index (χ3n) is 4.48. The van der Waals surface area contributed by atoms with Crippen molar-refractivity contribution in [3.63, 3.8) is 0 Å². The van der Waals surface area contributed by atoms with Gasteiger partial charge in [0.15, 0.2) is 11.8 Å². The van der Waals surface area contributed by atoms with Gasteiger partial charge in [-0.15, -0.1) is 0 Å². The lowest BCUT2D eigenvalue weighted by Crippen LogP contribution is -2.48. The molecule has 3 N–H and O–H groups in total. The van der Waals surface area contributed by atoms with Gasteiger partial charge < -0.3 is 20.7 Å². The molecule has 0 bridgehead atoms. The van der Waals surface area contributed by atoms with E-state index in [1.807, 2.05) is 22.9 Å². The Labute approximate surface area is 164 Å². The quantitative estimate of drug-likeness (QED) is 0.360. The van der Waals surface area contributed by atoms with Crippen LogP contribution in [0.4, 0.5) is 0 Å². The molecule has 1 aromatic carbocycles.